The second kappa shape index (κ2) is 9.37. The summed E-state index contributed by atoms with van der Waals surface area (Å²) in [5.74, 6) is -0.0611. The Morgan fingerprint density at radius 3 is 2.33 bits per heavy atom. The van der Waals surface area contributed by atoms with Crippen molar-refractivity contribution in [2.45, 2.75) is 26.3 Å². The second-order valence-corrected chi connectivity index (χ2v) is 5.19. The van der Waals surface area contributed by atoms with E-state index in [1.54, 1.807) is 19.2 Å². The average Bonchev–Trinajstić information content (AvgIpc) is 2.43. The Hall–Kier alpha value is -1.59. The molecular formula is C16H25NO4. The smallest absolute Gasteiger partial charge is 0.307 e. The first-order valence-corrected chi connectivity index (χ1v) is 7.19. The van der Waals surface area contributed by atoms with Gasteiger partial charge in [-0.15, -0.1) is 0 Å². The number of ether oxygens (including phenoxy) is 2. The van der Waals surface area contributed by atoms with Gasteiger partial charge in [-0.05, 0) is 31.5 Å². The van der Waals surface area contributed by atoms with Crippen LogP contribution in [0.25, 0.3) is 0 Å². The summed E-state index contributed by atoms with van der Waals surface area (Å²) in [5.41, 5.74) is 0.777. The highest BCUT2D eigenvalue weighted by atomic mass is 16.5. The van der Waals surface area contributed by atoms with Crippen molar-refractivity contribution in [3.8, 4) is 5.75 Å². The van der Waals surface area contributed by atoms with Gasteiger partial charge in [-0.1, -0.05) is 12.1 Å². The molecule has 0 radical (unpaired) electrons. The van der Waals surface area contributed by atoms with Gasteiger partial charge in [0, 0.05) is 26.2 Å². The van der Waals surface area contributed by atoms with Crippen LogP contribution in [0.1, 0.15) is 19.4 Å². The summed E-state index contributed by atoms with van der Waals surface area (Å²) in [5, 5.41) is 8.71. The van der Waals surface area contributed by atoms with Gasteiger partial charge in [-0.25, -0.2) is 0 Å². The van der Waals surface area contributed by atoms with Crippen LogP contribution in [-0.2, 0) is 16.0 Å². The van der Waals surface area contributed by atoms with Crippen molar-refractivity contribution in [1.82, 2.24) is 4.90 Å². The van der Waals surface area contributed by atoms with Gasteiger partial charge in [-0.2, -0.15) is 0 Å². The topological polar surface area (TPSA) is 59.0 Å². The first-order chi connectivity index (χ1) is 10.0. The molecule has 0 bridgehead atoms. The molecule has 0 spiro atoms. The van der Waals surface area contributed by atoms with Crippen LogP contribution in [0.5, 0.6) is 5.75 Å². The summed E-state index contributed by atoms with van der Waals surface area (Å²) in [7, 11) is 1.70. The lowest BCUT2D eigenvalue weighted by molar-refractivity contribution is -0.136. The lowest BCUT2D eigenvalue weighted by Gasteiger charge is -2.25. The highest BCUT2D eigenvalue weighted by molar-refractivity contribution is 5.70. The normalized spacial score (nSPS) is 11.1. The Kier molecular flexibility index (Phi) is 7.79. The molecule has 0 aromatic heterocycles. The fraction of sp³-hybridized carbons (Fsp3) is 0.562. The Morgan fingerprint density at radius 2 is 1.81 bits per heavy atom. The molecule has 1 aromatic carbocycles. The van der Waals surface area contributed by atoms with E-state index < -0.39 is 5.97 Å². The van der Waals surface area contributed by atoms with Crippen LogP contribution in [0, 0.1) is 0 Å². The van der Waals surface area contributed by atoms with Crippen LogP contribution in [0.2, 0.25) is 0 Å². The van der Waals surface area contributed by atoms with Gasteiger partial charge >= 0.3 is 5.97 Å². The molecule has 0 amide bonds. The van der Waals surface area contributed by atoms with Gasteiger partial charge in [0.05, 0.1) is 13.0 Å². The molecule has 0 aliphatic heterocycles. The molecule has 0 saturated carbocycles. The molecule has 5 heteroatoms. The van der Waals surface area contributed by atoms with Gasteiger partial charge in [-0.3, -0.25) is 9.69 Å². The van der Waals surface area contributed by atoms with Crippen molar-refractivity contribution in [2.75, 3.05) is 33.4 Å². The molecule has 1 rings (SSSR count). The predicted octanol–water partition coefficient (Wildman–Crippen LogP) is 2.05. The number of aliphatic carboxylic acids is 1. The number of methoxy groups -OCH3 is 1. The van der Waals surface area contributed by atoms with Crippen LogP contribution in [0.15, 0.2) is 24.3 Å². The maximum atomic E-state index is 10.6. The first-order valence-electron chi connectivity index (χ1n) is 7.19. The third kappa shape index (κ3) is 7.11. The molecule has 0 atom stereocenters. The average molecular weight is 295 g/mol. The third-order valence-corrected chi connectivity index (χ3v) is 3.24. The molecule has 0 fully saturated rings. The summed E-state index contributed by atoms with van der Waals surface area (Å²) in [4.78, 5) is 12.9. The third-order valence-electron chi connectivity index (χ3n) is 3.24. The fourth-order valence-electron chi connectivity index (χ4n) is 2.00. The van der Waals surface area contributed by atoms with Crippen molar-refractivity contribution in [1.29, 1.82) is 0 Å². The van der Waals surface area contributed by atoms with Crippen LogP contribution in [-0.4, -0.2) is 55.4 Å². The molecule has 0 aliphatic rings. The van der Waals surface area contributed by atoms with E-state index in [4.69, 9.17) is 14.6 Å². The largest absolute Gasteiger partial charge is 0.492 e. The molecule has 0 heterocycles. The number of rotatable bonds is 10. The molecular weight excluding hydrogens is 270 g/mol. The fourth-order valence-corrected chi connectivity index (χ4v) is 2.00. The number of hydrogen-bond donors (Lipinski definition) is 1. The van der Waals surface area contributed by atoms with E-state index in [-0.39, 0.29) is 6.42 Å². The highest BCUT2D eigenvalue weighted by Crippen LogP contribution is 2.12. The second-order valence-electron chi connectivity index (χ2n) is 5.19. The molecule has 0 aliphatic carbocycles. The van der Waals surface area contributed by atoms with Gasteiger partial charge in [0.15, 0.2) is 0 Å². The SMILES string of the molecule is COCCN(CCOc1ccc(CC(=O)O)cc1)C(C)C. The van der Waals surface area contributed by atoms with E-state index in [1.807, 2.05) is 12.1 Å². The predicted molar refractivity (Wildman–Crippen MR) is 81.9 cm³/mol. The van der Waals surface area contributed by atoms with Crippen molar-refractivity contribution in [3.05, 3.63) is 29.8 Å². The number of nitrogens with zero attached hydrogens (tertiary/aromatic N) is 1. The zero-order valence-corrected chi connectivity index (χ0v) is 13.0. The number of carboxylic acids is 1. The van der Waals surface area contributed by atoms with Crippen LogP contribution < -0.4 is 4.74 Å². The zero-order valence-electron chi connectivity index (χ0n) is 13.0. The van der Waals surface area contributed by atoms with E-state index in [2.05, 4.69) is 18.7 Å². The summed E-state index contributed by atoms with van der Waals surface area (Å²) in [6, 6.07) is 7.64. The van der Waals surface area contributed by atoms with E-state index in [0.717, 1.165) is 24.4 Å². The molecule has 21 heavy (non-hydrogen) atoms. The Labute approximate surface area is 126 Å². The van der Waals surface area contributed by atoms with Crippen molar-refractivity contribution in [2.24, 2.45) is 0 Å². The van der Waals surface area contributed by atoms with Crippen LogP contribution >= 0.6 is 0 Å². The maximum Gasteiger partial charge on any atom is 0.307 e. The van der Waals surface area contributed by atoms with Gasteiger partial charge in [0.1, 0.15) is 12.4 Å². The van der Waals surface area contributed by atoms with E-state index in [1.165, 1.54) is 0 Å². The minimum atomic E-state index is -0.825. The van der Waals surface area contributed by atoms with E-state index in [0.29, 0.717) is 19.3 Å². The summed E-state index contributed by atoms with van der Waals surface area (Å²) in [6.07, 6.45) is 0.0401. The van der Waals surface area contributed by atoms with E-state index >= 15 is 0 Å². The molecule has 1 N–H and O–H groups in total. The van der Waals surface area contributed by atoms with Gasteiger partial charge in [0.25, 0.3) is 0 Å². The Morgan fingerprint density at radius 1 is 1.19 bits per heavy atom. The van der Waals surface area contributed by atoms with Crippen molar-refractivity contribution < 1.29 is 19.4 Å². The molecule has 1 aromatic rings. The quantitative estimate of drug-likeness (QED) is 0.716. The molecule has 5 nitrogen and oxygen atoms in total. The molecule has 0 saturated heterocycles. The minimum Gasteiger partial charge on any atom is -0.492 e. The minimum absolute atomic E-state index is 0.0401. The van der Waals surface area contributed by atoms with Crippen LogP contribution in [0.4, 0.5) is 0 Å². The first kappa shape index (κ1) is 17.5. The summed E-state index contributed by atoms with van der Waals surface area (Å²) in [6.45, 7) is 7.32. The highest BCUT2D eigenvalue weighted by Gasteiger charge is 2.09. The van der Waals surface area contributed by atoms with Gasteiger partial charge in [0.2, 0.25) is 0 Å². The summed E-state index contributed by atoms with van der Waals surface area (Å²) >= 11 is 0. The number of carboxylic acid groups (broad SMARTS) is 1. The molecule has 0 unspecified atom stereocenters. The lowest BCUT2D eigenvalue weighted by Crippen LogP contribution is -2.37. The Balaban J connectivity index is 2.38. The monoisotopic (exact) mass is 295 g/mol. The van der Waals surface area contributed by atoms with Gasteiger partial charge < -0.3 is 14.6 Å². The lowest BCUT2D eigenvalue weighted by atomic mass is 10.1. The standard InChI is InChI=1S/C16H25NO4/c1-13(2)17(8-10-20-3)9-11-21-15-6-4-14(5-7-15)12-16(18)19/h4-7,13H,8-12H2,1-3H3,(H,18,19). The van der Waals surface area contributed by atoms with Crippen molar-refractivity contribution in [3.63, 3.8) is 0 Å². The van der Waals surface area contributed by atoms with Crippen molar-refractivity contribution >= 4 is 5.97 Å². The van der Waals surface area contributed by atoms with Crippen LogP contribution in [0.3, 0.4) is 0 Å². The number of hydrogen-bond acceptors (Lipinski definition) is 4. The maximum absolute atomic E-state index is 10.6. The molecule has 118 valence electrons. The summed E-state index contributed by atoms with van der Waals surface area (Å²) < 4.78 is 10.8. The number of benzene rings is 1. The van der Waals surface area contributed by atoms with E-state index in [9.17, 15) is 4.79 Å². The number of carbonyl (C=O) groups is 1. The zero-order chi connectivity index (χ0) is 15.7. The Bertz CT molecular complexity index is 417.